The van der Waals surface area contributed by atoms with Crippen molar-refractivity contribution in [2.45, 2.75) is 13.3 Å². The molecule has 0 saturated carbocycles. The molecule has 0 bridgehead atoms. The summed E-state index contributed by atoms with van der Waals surface area (Å²) in [5.41, 5.74) is 7.23. The van der Waals surface area contributed by atoms with Crippen LogP contribution in [0.25, 0.3) is 0 Å². The second kappa shape index (κ2) is 3.98. The molecule has 0 aromatic carbocycles. The van der Waals surface area contributed by atoms with Crippen LogP contribution in [-0.4, -0.2) is 23.9 Å². The van der Waals surface area contributed by atoms with Gasteiger partial charge in [-0.1, -0.05) is 0 Å². The van der Waals surface area contributed by atoms with Crippen molar-refractivity contribution in [1.82, 2.24) is 10.3 Å². The molecule has 1 aromatic heterocycles. The Morgan fingerprint density at radius 1 is 1.67 bits per heavy atom. The minimum atomic E-state index is 0.115. The Balaban J connectivity index is 2.16. The van der Waals surface area contributed by atoms with E-state index in [1.807, 2.05) is 13.0 Å². The molecule has 4 heteroatoms. The molecule has 0 unspecified atom stereocenters. The highest BCUT2D eigenvalue weighted by atomic mass is 16.1. The van der Waals surface area contributed by atoms with E-state index in [1.165, 1.54) is 0 Å². The lowest BCUT2D eigenvalue weighted by Crippen LogP contribution is -2.43. The summed E-state index contributed by atoms with van der Waals surface area (Å²) in [5.74, 6) is 0.938. The highest BCUT2D eigenvalue weighted by Crippen LogP contribution is 2.19. The molecule has 1 saturated heterocycles. The summed E-state index contributed by atoms with van der Waals surface area (Å²) in [5, 5.41) is 3.15. The van der Waals surface area contributed by atoms with E-state index in [-0.39, 0.29) is 5.78 Å². The van der Waals surface area contributed by atoms with Gasteiger partial charge in [0.25, 0.3) is 0 Å². The van der Waals surface area contributed by atoms with Gasteiger partial charge in [-0.15, -0.1) is 0 Å². The van der Waals surface area contributed by atoms with E-state index < -0.39 is 0 Å². The maximum Gasteiger partial charge on any atom is 0.167 e. The number of pyridine rings is 1. The molecule has 2 heterocycles. The van der Waals surface area contributed by atoms with E-state index in [2.05, 4.69) is 10.3 Å². The first-order valence-corrected chi connectivity index (χ1v) is 5.13. The van der Waals surface area contributed by atoms with Gasteiger partial charge in [0, 0.05) is 12.6 Å². The first kappa shape index (κ1) is 10.1. The number of anilines is 1. The van der Waals surface area contributed by atoms with Crippen LogP contribution in [0, 0.1) is 12.8 Å². The van der Waals surface area contributed by atoms with Gasteiger partial charge in [0.15, 0.2) is 5.78 Å². The summed E-state index contributed by atoms with van der Waals surface area (Å²) in [6, 6.07) is 1.82. The normalized spacial score (nSPS) is 16.1. The van der Waals surface area contributed by atoms with Gasteiger partial charge in [0.1, 0.15) is 5.82 Å². The Morgan fingerprint density at radius 2 is 2.40 bits per heavy atom. The third kappa shape index (κ3) is 1.99. The molecule has 4 nitrogen and oxygen atoms in total. The summed E-state index contributed by atoms with van der Waals surface area (Å²) in [7, 11) is 0. The Bertz CT molecular complexity index is 365. The van der Waals surface area contributed by atoms with Crippen molar-refractivity contribution >= 4 is 11.6 Å². The van der Waals surface area contributed by atoms with Crippen LogP contribution in [0.2, 0.25) is 0 Å². The average molecular weight is 205 g/mol. The molecule has 0 atom stereocenters. The number of aromatic nitrogens is 1. The molecule has 3 N–H and O–H groups in total. The van der Waals surface area contributed by atoms with Crippen LogP contribution in [-0.2, 0) is 0 Å². The van der Waals surface area contributed by atoms with Crippen molar-refractivity contribution in [1.29, 1.82) is 0 Å². The molecular formula is C11H15N3O. The fraction of sp³-hybridized carbons (Fsp3) is 0.455. The summed E-state index contributed by atoms with van der Waals surface area (Å²) in [6.07, 6.45) is 2.20. The maximum atomic E-state index is 11.9. The second-order valence-corrected chi connectivity index (χ2v) is 4.04. The summed E-state index contributed by atoms with van der Waals surface area (Å²) < 4.78 is 0. The van der Waals surface area contributed by atoms with Crippen LogP contribution >= 0.6 is 0 Å². The third-order valence-electron chi connectivity index (χ3n) is 2.81. The smallest absolute Gasteiger partial charge is 0.167 e. The third-order valence-corrected chi connectivity index (χ3v) is 2.81. The maximum absolute atomic E-state index is 11.9. The number of rotatable bonds is 3. The van der Waals surface area contributed by atoms with Crippen LogP contribution in [0.3, 0.4) is 0 Å². The lowest BCUT2D eigenvalue weighted by molar-refractivity contribution is 0.0945. The SMILES string of the molecule is Cc1ccnc(N)c1C(=O)CC1CNC1. The minimum Gasteiger partial charge on any atom is -0.383 e. The van der Waals surface area contributed by atoms with Crippen molar-refractivity contribution in [3.8, 4) is 0 Å². The standard InChI is InChI=1S/C11H15N3O/c1-7-2-3-14-11(12)10(7)9(15)4-8-5-13-6-8/h2-3,8,13H,4-6H2,1H3,(H2,12,14). The number of carbonyl (C=O) groups excluding carboxylic acids is 1. The number of aryl methyl sites for hydroxylation is 1. The zero-order valence-electron chi connectivity index (χ0n) is 8.79. The molecule has 15 heavy (non-hydrogen) atoms. The highest BCUT2D eigenvalue weighted by Gasteiger charge is 2.23. The van der Waals surface area contributed by atoms with Crippen LogP contribution in [0.15, 0.2) is 12.3 Å². The number of hydrogen-bond acceptors (Lipinski definition) is 4. The number of nitrogens with zero attached hydrogens (tertiary/aromatic N) is 1. The van der Waals surface area contributed by atoms with Crippen LogP contribution < -0.4 is 11.1 Å². The van der Waals surface area contributed by atoms with Gasteiger partial charge in [0.2, 0.25) is 0 Å². The Labute approximate surface area is 88.9 Å². The van der Waals surface area contributed by atoms with Crippen molar-refractivity contribution in [3.63, 3.8) is 0 Å². The Hall–Kier alpha value is -1.42. The topological polar surface area (TPSA) is 68.0 Å². The van der Waals surface area contributed by atoms with Gasteiger partial charge < -0.3 is 11.1 Å². The van der Waals surface area contributed by atoms with Gasteiger partial charge in [-0.05, 0) is 37.6 Å². The molecule has 80 valence electrons. The fourth-order valence-corrected chi connectivity index (χ4v) is 1.80. The zero-order valence-corrected chi connectivity index (χ0v) is 8.79. The second-order valence-electron chi connectivity index (χ2n) is 4.04. The van der Waals surface area contributed by atoms with Crippen molar-refractivity contribution in [2.24, 2.45) is 5.92 Å². The molecule has 0 radical (unpaired) electrons. The average Bonchev–Trinajstić information content (AvgIpc) is 2.11. The number of carbonyl (C=O) groups is 1. The molecule has 1 aromatic rings. The zero-order chi connectivity index (χ0) is 10.8. The summed E-state index contributed by atoms with van der Waals surface area (Å²) in [6.45, 7) is 3.76. The van der Waals surface area contributed by atoms with Crippen LogP contribution in [0.5, 0.6) is 0 Å². The van der Waals surface area contributed by atoms with Crippen molar-refractivity contribution < 1.29 is 4.79 Å². The number of ketones is 1. The van der Waals surface area contributed by atoms with E-state index in [0.29, 0.717) is 23.7 Å². The number of nitrogens with two attached hydrogens (primary N) is 1. The minimum absolute atomic E-state index is 0.115. The predicted octanol–water partition coefficient (Wildman–Crippen LogP) is 0.764. The Kier molecular flexibility index (Phi) is 2.68. The molecule has 2 rings (SSSR count). The summed E-state index contributed by atoms with van der Waals surface area (Å²) >= 11 is 0. The van der Waals surface area contributed by atoms with Gasteiger partial charge in [0.05, 0.1) is 5.56 Å². The van der Waals surface area contributed by atoms with E-state index in [1.54, 1.807) is 6.20 Å². The molecule has 0 spiro atoms. The monoisotopic (exact) mass is 205 g/mol. The molecule has 1 fully saturated rings. The Morgan fingerprint density at radius 3 is 2.93 bits per heavy atom. The van der Waals surface area contributed by atoms with E-state index in [9.17, 15) is 4.79 Å². The molecule has 0 amide bonds. The first-order valence-electron chi connectivity index (χ1n) is 5.13. The van der Waals surface area contributed by atoms with E-state index in [4.69, 9.17) is 5.73 Å². The number of nitrogen functional groups attached to an aromatic ring is 1. The number of nitrogens with one attached hydrogen (secondary N) is 1. The molecule has 1 aliphatic heterocycles. The largest absolute Gasteiger partial charge is 0.383 e. The molecule has 0 aliphatic carbocycles. The molecule has 1 aliphatic rings. The predicted molar refractivity (Wildman–Crippen MR) is 58.7 cm³/mol. The number of Topliss-reactive ketones (excluding diaryl/α,β-unsaturated/α-hetero) is 1. The fourth-order valence-electron chi connectivity index (χ4n) is 1.80. The lowest BCUT2D eigenvalue weighted by Gasteiger charge is -2.26. The van der Waals surface area contributed by atoms with Crippen LogP contribution in [0.4, 0.5) is 5.82 Å². The van der Waals surface area contributed by atoms with Gasteiger partial charge in [-0.3, -0.25) is 4.79 Å². The van der Waals surface area contributed by atoms with E-state index >= 15 is 0 Å². The molecular weight excluding hydrogens is 190 g/mol. The van der Waals surface area contributed by atoms with Gasteiger partial charge in [-0.25, -0.2) is 4.98 Å². The lowest BCUT2D eigenvalue weighted by atomic mass is 9.92. The quantitative estimate of drug-likeness (QED) is 0.715. The summed E-state index contributed by atoms with van der Waals surface area (Å²) in [4.78, 5) is 15.9. The van der Waals surface area contributed by atoms with Crippen molar-refractivity contribution in [3.05, 3.63) is 23.4 Å². The number of hydrogen-bond donors (Lipinski definition) is 2. The van der Waals surface area contributed by atoms with Gasteiger partial charge >= 0.3 is 0 Å². The first-order chi connectivity index (χ1) is 7.18. The highest BCUT2D eigenvalue weighted by molar-refractivity contribution is 6.01. The van der Waals surface area contributed by atoms with Crippen LogP contribution in [0.1, 0.15) is 22.3 Å². The van der Waals surface area contributed by atoms with Gasteiger partial charge in [-0.2, -0.15) is 0 Å². The van der Waals surface area contributed by atoms with Crippen molar-refractivity contribution in [2.75, 3.05) is 18.8 Å². The van der Waals surface area contributed by atoms with E-state index in [0.717, 1.165) is 18.7 Å².